The van der Waals surface area contributed by atoms with E-state index in [4.69, 9.17) is 4.99 Å². The van der Waals surface area contributed by atoms with E-state index >= 15 is 0 Å². The maximum atomic E-state index is 5.12. The van der Waals surface area contributed by atoms with Gasteiger partial charge in [0.05, 0.1) is 11.4 Å². The molecule has 0 spiro atoms. The fourth-order valence-electron chi connectivity index (χ4n) is 3.86. The monoisotopic (exact) mass is 490 g/mol. The molecule has 0 radical (unpaired) electrons. The van der Waals surface area contributed by atoms with E-state index in [1.165, 1.54) is 0 Å². The summed E-state index contributed by atoms with van der Waals surface area (Å²) in [6.07, 6.45) is 17.0. The Morgan fingerprint density at radius 1 is 1.22 bits per heavy atom. The lowest BCUT2D eigenvalue weighted by atomic mass is 9.90. The van der Waals surface area contributed by atoms with Crippen LogP contribution in [0.15, 0.2) is 76.3 Å². The van der Waals surface area contributed by atoms with Gasteiger partial charge < -0.3 is 0 Å². The fourth-order valence-corrected chi connectivity index (χ4v) is 3.86. The third kappa shape index (κ3) is 9.08. The molecule has 2 unspecified atom stereocenters. The standard InChI is InChI=1S/C35H42N2/c1-9-11-12-15-18-27(4)21-22-28(5)30(7)37-34-29(6)23-24-32(35(34)36-8)33(25-26(3)10-2)31-19-16-13-14-17-20-31/h13,15-16,18-19,23-26,28H,4,8-10,14,21-22H2,1-3,5-7H3/b18-15-,33-25-,37-30?. The molecular formula is C35H42N2. The SMILES string of the molecule is C=Nc1c(/C(=C\C(C)CC)C2=CC=CCC#C2)ccc(C)c1N=C(C)C(C)CCC(=C)/C=C\C#CCC. The molecule has 2 nitrogen and oxygen atoms in total. The number of aryl methyl sites for hydroxylation is 1. The van der Waals surface area contributed by atoms with E-state index in [0.29, 0.717) is 11.8 Å². The number of rotatable bonds is 11. The highest BCUT2D eigenvalue weighted by Gasteiger charge is 2.18. The molecule has 37 heavy (non-hydrogen) atoms. The Bertz CT molecular complexity index is 1260. The van der Waals surface area contributed by atoms with Crippen LogP contribution in [0.1, 0.15) is 77.8 Å². The van der Waals surface area contributed by atoms with Crippen molar-refractivity contribution in [2.75, 3.05) is 0 Å². The maximum absolute atomic E-state index is 5.12. The van der Waals surface area contributed by atoms with Gasteiger partial charge in [-0.05, 0) is 68.5 Å². The Hall–Kier alpha value is -3.62. The van der Waals surface area contributed by atoms with Crippen molar-refractivity contribution in [1.29, 1.82) is 0 Å². The second kappa shape index (κ2) is 15.5. The van der Waals surface area contributed by atoms with Gasteiger partial charge in [0.25, 0.3) is 0 Å². The van der Waals surface area contributed by atoms with E-state index in [0.717, 1.165) is 77.0 Å². The average molecular weight is 491 g/mol. The first-order chi connectivity index (χ1) is 17.8. The van der Waals surface area contributed by atoms with Crippen LogP contribution in [0.3, 0.4) is 0 Å². The third-order valence-corrected chi connectivity index (χ3v) is 6.61. The summed E-state index contributed by atoms with van der Waals surface area (Å²) in [5.41, 5.74) is 8.10. The average Bonchev–Trinajstić information content (AvgIpc) is 3.18. The quantitative estimate of drug-likeness (QED) is 0.167. The summed E-state index contributed by atoms with van der Waals surface area (Å²) in [7, 11) is 0. The second-order valence-electron chi connectivity index (χ2n) is 9.62. The molecule has 1 aliphatic carbocycles. The van der Waals surface area contributed by atoms with Crippen LogP contribution in [0, 0.1) is 42.4 Å². The third-order valence-electron chi connectivity index (χ3n) is 6.61. The maximum Gasteiger partial charge on any atom is 0.0960 e. The minimum absolute atomic E-state index is 0.309. The molecule has 0 heterocycles. The second-order valence-corrected chi connectivity index (χ2v) is 9.62. The van der Waals surface area contributed by atoms with Crippen molar-refractivity contribution in [2.24, 2.45) is 21.8 Å². The van der Waals surface area contributed by atoms with Crippen LogP contribution >= 0.6 is 0 Å². The highest BCUT2D eigenvalue weighted by Crippen LogP contribution is 2.41. The smallest absolute Gasteiger partial charge is 0.0960 e. The summed E-state index contributed by atoms with van der Waals surface area (Å²) in [5, 5.41) is 0. The topological polar surface area (TPSA) is 24.7 Å². The number of allylic oxidation sites excluding steroid dienone is 9. The first-order valence-electron chi connectivity index (χ1n) is 13.4. The Morgan fingerprint density at radius 2 is 2.00 bits per heavy atom. The van der Waals surface area contributed by atoms with Gasteiger partial charge in [0, 0.05) is 29.7 Å². The zero-order valence-corrected chi connectivity index (χ0v) is 23.6. The minimum atomic E-state index is 0.309. The van der Waals surface area contributed by atoms with E-state index < -0.39 is 0 Å². The van der Waals surface area contributed by atoms with E-state index in [9.17, 15) is 0 Å². The van der Waals surface area contributed by atoms with Gasteiger partial charge in [0.15, 0.2) is 0 Å². The van der Waals surface area contributed by atoms with Gasteiger partial charge in [-0.2, -0.15) is 0 Å². The summed E-state index contributed by atoms with van der Waals surface area (Å²) in [6, 6.07) is 4.27. The molecule has 0 amide bonds. The van der Waals surface area contributed by atoms with Crippen molar-refractivity contribution in [3.05, 3.63) is 77.4 Å². The van der Waals surface area contributed by atoms with Gasteiger partial charge in [-0.25, -0.2) is 0 Å². The molecule has 1 aromatic rings. The van der Waals surface area contributed by atoms with E-state index in [1.807, 2.05) is 19.1 Å². The normalized spacial score (nSPS) is 15.1. The molecule has 0 aromatic heterocycles. The summed E-state index contributed by atoms with van der Waals surface area (Å²) in [5.74, 6) is 13.4. The van der Waals surface area contributed by atoms with Crippen LogP contribution in [-0.2, 0) is 0 Å². The van der Waals surface area contributed by atoms with E-state index in [1.54, 1.807) is 0 Å². The first-order valence-corrected chi connectivity index (χ1v) is 13.4. The molecule has 0 saturated heterocycles. The van der Waals surface area contributed by atoms with Crippen molar-refractivity contribution in [3.63, 3.8) is 0 Å². The van der Waals surface area contributed by atoms with Gasteiger partial charge in [-0.3, -0.25) is 9.98 Å². The summed E-state index contributed by atoms with van der Waals surface area (Å²) in [4.78, 5) is 9.63. The molecule has 0 aliphatic heterocycles. The van der Waals surface area contributed by atoms with Crippen LogP contribution in [0.5, 0.6) is 0 Å². The molecule has 192 valence electrons. The van der Waals surface area contributed by atoms with Crippen molar-refractivity contribution in [2.45, 2.75) is 73.6 Å². The Kier molecular flexibility index (Phi) is 12.4. The molecule has 2 atom stereocenters. The van der Waals surface area contributed by atoms with Gasteiger partial charge in [-0.1, -0.05) is 106 Å². The molecular weight excluding hydrogens is 448 g/mol. The van der Waals surface area contributed by atoms with Crippen LogP contribution < -0.4 is 0 Å². The van der Waals surface area contributed by atoms with Crippen LogP contribution in [0.4, 0.5) is 11.4 Å². The molecule has 0 fully saturated rings. The Balaban J connectivity index is 2.44. The van der Waals surface area contributed by atoms with Crippen LogP contribution in [0.2, 0.25) is 0 Å². The van der Waals surface area contributed by atoms with Crippen molar-refractivity contribution < 1.29 is 0 Å². The van der Waals surface area contributed by atoms with Gasteiger partial charge in [-0.15, -0.1) is 0 Å². The van der Waals surface area contributed by atoms with E-state index in [-0.39, 0.29) is 0 Å². The first kappa shape index (κ1) is 29.6. The number of hydrogen-bond donors (Lipinski definition) is 0. The minimum Gasteiger partial charge on any atom is -0.262 e. The molecule has 0 N–H and O–H groups in total. The number of hydrogen-bond acceptors (Lipinski definition) is 2. The largest absolute Gasteiger partial charge is 0.262 e. The molecule has 2 heteroatoms. The molecule has 2 rings (SSSR count). The predicted octanol–water partition coefficient (Wildman–Crippen LogP) is 9.68. The Morgan fingerprint density at radius 3 is 2.70 bits per heavy atom. The Labute approximate surface area is 225 Å². The van der Waals surface area contributed by atoms with Gasteiger partial charge >= 0.3 is 0 Å². The summed E-state index contributed by atoms with van der Waals surface area (Å²) < 4.78 is 0. The van der Waals surface area contributed by atoms with Gasteiger partial charge in [0.2, 0.25) is 0 Å². The molecule has 0 saturated carbocycles. The lowest BCUT2D eigenvalue weighted by Crippen LogP contribution is -2.07. The van der Waals surface area contributed by atoms with Crippen molar-refractivity contribution in [1.82, 2.24) is 0 Å². The number of aliphatic imine (C=N–C) groups is 2. The lowest BCUT2D eigenvalue weighted by molar-refractivity contribution is 0.682. The van der Waals surface area contributed by atoms with Crippen molar-refractivity contribution in [3.8, 4) is 23.7 Å². The van der Waals surface area contributed by atoms with Crippen LogP contribution in [0.25, 0.3) is 5.57 Å². The highest BCUT2D eigenvalue weighted by atomic mass is 14.8. The highest BCUT2D eigenvalue weighted by molar-refractivity contribution is 5.95. The predicted molar refractivity (Wildman–Crippen MR) is 165 cm³/mol. The number of nitrogens with zero attached hydrogens (tertiary/aromatic N) is 2. The van der Waals surface area contributed by atoms with Gasteiger partial charge in [0.1, 0.15) is 0 Å². The molecule has 0 bridgehead atoms. The fraction of sp³-hybridized carbons (Fsp3) is 0.371. The number of benzene rings is 1. The summed E-state index contributed by atoms with van der Waals surface area (Å²) >= 11 is 0. The lowest BCUT2D eigenvalue weighted by Gasteiger charge is -2.17. The summed E-state index contributed by atoms with van der Waals surface area (Å²) in [6.45, 7) is 21.0. The van der Waals surface area contributed by atoms with E-state index in [2.05, 4.69) is 113 Å². The van der Waals surface area contributed by atoms with Crippen molar-refractivity contribution >= 4 is 29.4 Å². The molecule has 1 aromatic carbocycles. The zero-order valence-electron chi connectivity index (χ0n) is 23.6. The zero-order chi connectivity index (χ0) is 27.2. The molecule has 1 aliphatic rings. The van der Waals surface area contributed by atoms with Crippen LogP contribution in [-0.4, -0.2) is 12.4 Å².